The van der Waals surface area contributed by atoms with Crippen LogP contribution in [0.2, 0.25) is 5.02 Å². The first-order valence-corrected chi connectivity index (χ1v) is 12.6. The Bertz CT molecular complexity index is 1070. The maximum atomic E-state index is 12.7. The van der Waals surface area contributed by atoms with Crippen molar-refractivity contribution in [3.05, 3.63) is 70.6 Å². The van der Waals surface area contributed by atoms with Crippen molar-refractivity contribution in [1.82, 2.24) is 14.9 Å². The molecule has 0 aliphatic rings. The fourth-order valence-corrected chi connectivity index (χ4v) is 4.58. The van der Waals surface area contributed by atoms with Gasteiger partial charge in [0.15, 0.2) is 0 Å². The third kappa shape index (κ3) is 6.94. The Kier molecular flexibility index (Phi) is 9.56. The highest BCUT2D eigenvalue weighted by Gasteiger charge is 2.14. The molecule has 0 saturated heterocycles. The molecule has 33 heavy (non-hydrogen) atoms. The molecule has 0 aliphatic carbocycles. The summed E-state index contributed by atoms with van der Waals surface area (Å²) in [6.45, 7) is 4.34. The minimum atomic E-state index is -0.0361. The molecular weight excluding hydrogens is 430 g/mol. The molecule has 0 spiro atoms. The van der Waals surface area contributed by atoms with Gasteiger partial charge >= 0.3 is 0 Å². The molecule has 2 heterocycles. The maximum absolute atomic E-state index is 12.7. The SMILES string of the molecule is CCCCCc1c(/C=C/C(=O)NC(CC)CCCc2cccnc2)n(C)c2cc(Cl)ccc12. The Hall–Kier alpha value is -2.59. The number of rotatable bonds is 12. The lowest BCUT2D eigenvalue weighted by molar-refractivity contribution is -0.117. The Labute approximate surface area is 203 Å². The Morgan fingerprint density at radius 1 is 1.18 bits per heavy atom. The molecule has 0 bridgehead atoms. The van der Waals surface area contributed by atoms with Gasteiger partial charge in [-0.15, -0.1) is 0 Å². The lowest BCUT2D eigenvalue weighted by atomic mass is 10.0. The summed E-state index contributed by atoms with van der Waals surface area (Å²) in [5, 5.41) is 5.14. The van der Waals surface area contributed by atoms with Crippen molar-refractivity contribution >= 4 is 34.5 Å². The predicted octanol–water partition coefficient (Wildman–Crippen LogP) is 6.89. The largest absolute Gasteiger partial charge is 0.350 e. The number of carbonyl (C=O) groups is 1. The third-order valence-electron chi connectivity index (χ3n) is 6.32. The van der Waals surface area contributed by atoms with Gasteiger partial charge < -0.3 is 9.88 Å². The van der Waals surface area contributed by atoms with E-state index in [0.29, 0.717) is 0 Å². The van der Waals surface area contributed by atoms with E-state index in [-0.39, 0.29) is 11.9 Å². The van der Waals surface area contributed by atoms with Crippen molar-refractivity contribution in [2.75, 3.05) is 0 Å². The molecule has 1 atom stereocenters. The number of unbranched alkanes of at least 4 members (excludes halogenated alkanes) is 2. The summed E-state index contributed by atoms with van der Waals surface area (Å²) in [5.41, 5.74) is 4.73. The summed E-state index contributed by atoms with van der Waals surface area (Å²) in [4.78, 5) is 16.9. The van der Waals surface area contributed by atoms with Gasteiger partial charge in [0.1, 0.15) is 0 Å². The van der Waals surface area contributed by atoms with Gasteiger partial charge in [0.2, 0.25) is 5.91 Å². The summed E-state index contributed by atoms with van der Waals surface area (Å²) in [6.07, 6.45) is 15.8. The first-order valence-electron chi connectivity index (χ1n) is 12.2. The Balaban J connectivity index is 1.67. The fraction of sp³-hybridized carbons (Fsp3) is 0.429. The van der Waals surface area contributed by atoms with Crippen LogP contribution < -0.4 is 5.32 Å². The number of pyridine rings is 1. The summed E-state index contributed by atoms with van der Waals surface area (Å²) in [5.74, 6) is -0.0361. The van der Waals surface area contributed by atoms with Gasteiger partial charge in [-0.1, -0.05) is 50.4 Å². The van der Waals surface area contributed by atoms with Gasteiger partial charge in [0, 0.05) is 53.2 Å². The van der Waals surface area contributed by atoms with Crippen molar-refractivity contribution in [3.8, 4) is 0 Å². The van der Waals surface area contributed by atoms with Crippen LogP contribution in [0.3, 0.4) is 0 Å². The number of benzene rings is 1. The second-order valence-electron chi connectivity index (χ2n) is 8.74. The molecule has 0 saturated carbocycles. The highest BCUT2D eigenvalue weighted by atomic mass is 35.5. The molecule has 1 aromatic carbocycles. The first-order chi connectivity index (χ1) is 16.0. The number of hydrogen-bond acceptors (Lipinski definition) is 2. The molecule has 1 unspecified atom stereocenters. The fourth-order valence-electron chi connectivity index (χ4n) is 4.42. The molecule has 0 radical (unpaired) electrons. The minimum absolute atomic E-state index is 0.0361. The highest BCUT2D eigenvalue weighted by Crippen LogP contribution is 2.30. The smallest absolute Gasteiger partial charge is 0.244 e. The second-order valence-corrected chi connectivity index (χ2v) is 9.18. The highest BCUT2D eigenvalue weighted by molar-refractivity contribution is 6.31. The molecule has 5 heteroatoms. The van der Waals surface area contributed by atoms with Crippen LogP contribution in [0.1, 0.15) is 69.2 Å². The number of amides is 1. The molecule has 1 N–H and O–H groups in total. The summed E-state index contributed by atoms with van der Waals surface area (Å²) in [7, 11) is 2.05. The van der Waals surface area contributed by atoms with Gasteiger partial charge in [0.05, 0.1) is 0 Å². The molecule has 176 valence electrons. The van der Waals surface area contributed by atoms with Gasteiger partial charge in [-0.05, 0) is 73.9 Å². The number of aryl methyl sites for hydroxylation is 3. The van der Waals surface area contributed by atoms with Crippen LogP contribution in [0, 0.1) is 0 Å². The van der Waals surface area contributed by atoms with E-state index < -0.39 is 0 Å². The number of nitrogens with zero attached hydrogens (tertiary/aromatic N) is 2. The van der Waals surface area contributed by atoms with Crippen LogP contribution in [-0.4, -0.2) is 21.5 Å². The Morgan fingerprint density at radius 3 is 2.76 bits per heavy atom. The monoisotopic (exact) mass is 465 g/mol. The van der Waals surface area contributed by atoms with Gasteiger partial charge in [-0.25, -0.2) is 0 Å². The van der Waals surface area contributed by atoms with E-state index >= 15 is 0 Å². The zero-order valence-corrected chi connectivity index (χ0v) is 20.9. The Morgan fingerprint density at radius 2 is 2.03 bits per heavy atom. The lowest BCUT2D eigenvalue weighted by Gasteiger charge is -2.15. The van der Waals surface area contributed by atoms with E-state index in [1.807, 2.05) is 37.5 Å². The molecule has 2 aromatic heterocycles. The van der Waals surface area contributed by atoms with Crippen LogP contribution in [0.5, 0.6) is 0 Å². The number of fused-ring (bicyclic) bond motifs is 1. The van der Waals surface area contributed by atoms with Crippen molar-refractivity contribution in [2.24, 2.45) is 7.05 Å². The van der Waals surface area contributed by atoms with Crippen molar-refractivity contribution in [2.45, 2.75) is 71.3 Å². The predicted molar refractivity (Wildman–Crippen MR) is 140 cm³/mol. The van der Waals surface area contributed by atoms with Crippen LogP contribution >= 0.6 is 11.6 Å². The summed E-state index contributed by atoms with van der Waals surface area (Å²) >= 11 is 6.26. The van der Waals surface area contributed by atoms with Gasteiger partial charge in [-0.3, -0.25) is 9.78 Å². The number of carbonyl (C=O) groups excluding carboxylic acids is 1. The molecule has 0 fully saturated rings. The van der Waals surface area contributed by atoms with Crippen LogP contribution in [0.4, 0.5) is 0 Å². The average molecular weight is 466 g/mol. The molecule has 3 aromatic rings. The number of halogens is 1. The quantitative estimate of drug-likeness (QED) is 0.234. The molecule has 1 amide bonds. The van der Waals surface area contributed by atoms with Gasteiger partial charge in [0.25, 0.3) is 0 Å². The molecule has 0 aliphatic heterocycles. The zero-order chi connectivity index (χ0) is 23.6. The number of hydrogen-bond donors (Lipinski definition) is 1. The second kappa shape index (κ2) is 12.6. The maximum Gasteiger partial charge on any atom is 0.244 e. The minimum Gasteiger partial charge on any atom is -0.350 e. The summed E-state index contributed by atoms with van der Waals surface area (Å²) in [6, 6.07) is 10.3. The van der Waals surface area contributed by atoms with E-state index in [1.54, 1.807) is 12.3 Å². The number of nitrogens with one attached hydrogen (secondary N) is 1. The first kappa shape index (κ1) is 25.0. The average Bonchev–Trinajstić information content (AvgIpc) is 3.08. The van der Waals surface area contributed by atoms with Crippen molar-refractivity contribution in [3.63, 3.8) is 0 Å². The van der Waals surface area contributed by atoms with Crippen molar-refractivity contribution < 1.29 is 4.79 Å². The van der Waals surface area contributed by atoms with Crippen LogP contribution in [-0.2, 0) is 24.7 Å². The van der Waals surface area contributed by atoms with E-state index in [1.165, 1.54) is 29.4 Å². The van der Waals surface area contributed by atoms with Crippen molar-refractivity contribution in [1.29, 1.82) is 0 Å². The van der Waals surface area contributed by atoms with Gasteiger partial charge in [-0.2, -0.15) is 0 Å². The molecule has 3 rings (SSSR count). The van der Waals surface area contributed by atoms with Crippen LogP contribution in [0.15, 0.2) is 48.8 Å². The number of aromatic nitrogens is 2. The molecular formula is C28H36ClN3O. The van der Waals surface area contributed by atoms with E-state index in [9.17, 15) is 4.79 Å². The molecule has 4 nitrogen and oxygen atoms in total. The zero-order valence-electron chi connectivity index (χ0n) is 20.1. The lowest BCUT2D eigenvalue weighted by Crippen LogP contribution is -2.33. The summed E-state index contributed by atoms with van der Waals surface area (Å²) < 4.78 is 2.15. The topological polar surface area (TPSA) is 46.9 Å². The van der Waals surface area contributed by atoms with E-state index in [2.05, 4.69) is 40.8 Å². The van der Waals surface area contributed by atoms with E-state index in [4.69, 9.17) is 11.6 Å². The normalized spacial score (nSPS) is 12.5. The third-order valence-corrected chi connectivity index (χ3v) is 6.55. The standard InChI is InChI=1S/C28H36ClN3O/c1-4-6-7-13-24-25-15-14-22(29)19-27(25)32(3)26(24)16-17-28(33)31-23(5-2)12-8-10-21-11-9-18-30-20-21/h9,11,14-20,23H,4-8,10,12-13H2,1-3H3,(H,31,33)/b17-16+. The van der Waals surface area contributed by atoms with Crippen LogP contribution in [0.25, 0.3) is 17.0 Å². The van der Waals surface area contributed by atoms with E-state index in [0.717, 1.165) is 54.8 Å².